The minimum atomic E-state index is -0.928. The van der Waals surface area contributed by atoms with Crippen molar-refractivity contribution in [2.75, 3.05) is 19.8 Å². The molecule has 0 aromatic carbocycles. The van der Waals surface area contributed by atoms with Crippen molar-refractivity contribution in [2.45, 2.75) is 12.8 Å². The maximum Gasteiger partial charge on any atom is 0.407 e. The molecule has 0 radical (unpaired) electrons. The SMILES string of the molecule is O=C(O)N1CCCC(CF)C1. The number of piperidine rings is 1. The molecule has 64 valence electrons. The van der Waals surface area contributed by atoms with Gasteiger partial charge in [0.05, 0.1) is 6.67 Å². The number of hydrogen-bond acceptors (Lipinski definition) is 1. The van der Waals surface area contributed by atoms with Crippen molar-refractivity contribution in [1.82, 2.24) is 4.90 Å². The first-order valence-corrected chi connectivity index (χ1v) is 3.78. The Hall–Kier alpha value is -0.800. The second-order valence-corrected chi connectivity index (χ2v) is 2.89. The lowest BCUT2D eigenvalue weighted by Crippen LogP contribution is -2.39. The Kier molecular flexibility index (Phi) is 2.68. The number of nitrogens with zero attached hydrogens (tertiary/aromatic N) is 1. The molecule has 0 aromatic heterocycles. The average Bonchev–Trinajstić information content (AvgIpc) is 2.05. The average molecular weight is 161 g/mol. The van der Waals surface area contributed by atoms with Crippen LogP contribution in [0.15, 0.2) is 0 Å². The van der Waals surface area contributed by atoms with Crippen LogP contribution in [0.2, 0.25) is 0 Å². The van der Waals surface area contributed by atoms with Gasteiger partial charge in [0.15, 0.2) is 0 Å². The molecule has 1 aliphatic rings. The number of likely N-dealkylation sites (tertiary alicyclic amines) is 1. The van der Waals surface area contributed by atoms with E-state index in [2.05, 4.69) is 0 Å². The fourth-order valence-electron chi connectivity index (χ4n) is 1.36. The summed E-state index contributed by atoms with van der Waals surface area (Å²) in [6.45, 7) is 0.529. The molecule has 0 spiro atoms. The predicted molar refractivity (Wildman–Crippen MR) is 38.3 cm³/mol. The molecule has 0 aliphatic carbocycles. The van der Waals surface area contributed by atoms with Crippen molar-refractivity contribution in [1.29, 1.82) is 0 Å². The molecule has 4 heteroatoms. The van der Waals surface area contributed by atoms with Crippen LogP contribution in [0.5, 0.6) is 0 Å². The molecule has 1 N–H and O–H groups in total. The van der Waals surface area contributed by atoms with Gasteiger partial charge >= 0.3 is 6.09 Å². The smallest absolute Gasteiger partial charge is 0.407 e. The Bertz CT molecular complexity index is 151. The molecule has 1 saturated heterocycles. The number of carbonyl (C=O) groups is 1. The topological polar surface area (TPSA) is 40.5 Å². The number of rotatable bonds is 1. The van der Waals surface area contributed by atoms with Gasteiger partial charge in [-0.1, -0.05) is 0 Å². The van der Waals surface area contributed by atoms with Gasteiger partial charge in [0.1, 0.15) is 0 Å². The molecule has 3 nitrogen and oxygen atoms in total. The molecule has 11 heavy (non-hydrogen) atoms. The molecule has 1 unspecified atom stereocenters. The Morgan fingerprint density at radius 3 is 3.00 bits per heavy atom. The van der Waals surface area contributed by atoms with Crippen LogP contribution in [0.25, 0.3) is 0 Å². The summed E-state index contributed by atoms with van der Waals surface area (Å²) in [4.78, 5) is 11.7. The fourth-order valence-corrected chi connectivity index (χ4v) is 1.36. The summed E-state index contributed by atoms with van der Waals surface area (Å²) in [6, 6.07) is 0. The van der Waals surface area contributed by atoms with Crippen molar-refractivity contribution in [3.8, 4) is 0 Å². The standard InChI is InChI=1S/C7H12FNO2/c8-4-6-2-1-3-9(5-6)7(10)11/h6H,1-5H2,(H,10,11). The van der Waals surface area contributed by atoms with Crippen LogP contribution < -0.4 is 0 Å². The van der Waals surface area contributed by atoms with E-state index in [1.54, 1.807) is 0 Å². The summed E-state index contributed by atoms with van der Waals surface area (Å²) in [6.07, 6.45) is 0.685. The van der Waals surface area contributed by atoms with E-state index in [-0.39, 0.29) is 5.92 Å². The van der Waals surface area contributed by atoms with Crippen molar-refractivity contribution in [2.24, 2.45) is 5.92 Å². The van der Waals surface area contributed by atoms with Crippen LogP contribution in [-0.4, -0.2) is 35.9 Å². The van der Waals surface area contributed by atoms with E-state index in [0.717, 1.165) is 12.8 Å². The van der Waals surface area contributed by atoms with Gasteiger partial charge in [0.2, 0.25) is 0 Å². The highest BCUT2D eigenvalue weighted by atomic mass is 19.1. The van der Waals surface area contributed by atoms with Gasteiger partial charge in [-0.05, 0) is 12.8 Å². The first-order chi connectivity index (χ1) is 5.24. The van der Waals surface area contributed by atoms with E-state index in [9.17, 15) is 9.18 Å². The maximum atomic E-state index is 12.1. The fraction of sp³-hybridized carbons (Fsp3) is 0.857. The Labute approximate surface area is 64.8 Å². The molecular formula is C7H12FNO2. The van der Waals surface area contributed by atoms with Crippen LogP contribution in [0.1, 0.15) is 12.8 Å². The van der Waals surface area contributed by atoms with E-state index in [1.807, 2.05) is 0 Å². The lowest BCUT2D eigenvalue weighted by molar-refractivity contribution is 0.114. The van der Waals surface area contributed by atoms with Gasteiger partial charge in [-0.15, -0.1) is 0 Å². The minimum absolute atomic E-state index is 0.0696. The zero-order chi connectivity index (χ0) is 8.27. The molecule has 1 atom stereocenters. The first kappa shape index (κ1) is 8.30. The van der Waals surface area contributed by atoms with Gasteiger partial charge in [-0.3, -0.25) is 4.39 Å². The van der Waals surface area contributed by atoms with Crippen LogP contribution in [-0.2, 0) is 0 Å². The Morgan fingerprint density at radius 1 is 1.73 bits per heavy atom. The van der Waals surface area contributed by atoms with E-state index in [4.69, 9.17) is 5.11 Å². The van der Waals surface area contributed by atoms with Crippen LogP contribution >= 0.6 is 0 Å². The molecule has 1 rings (SSSR count). The van der Waals surface area contributed by atoms with Gasteiger partial charge in [0.25, 0.3) is 0 Å². The number of alkyl halides is 1. The quantitative estimate of drug-likeness (QED) is 0.630. The largest absolute Gasteiger partial charge is 0.465 e. The lowest BCUT2D eigenvalue weighted by Gasteiger charge is -2.28. The van der Waals surface area contributed by atoms with Gasteiger partial charge in [-0.2, -0.15) is 0 Å². The highest BCUT2D eigenvalue weighted by Crippen LogP contribution is 2.16. The van der Waals surface area contributed by atoms with E-state index in [1.165, 1.54) is 4.90 Å². The predicted octanol–water partition coefficient (Wildman–Crippen LogP) is 1.35. The highest BCUT2D eigenvalue weighted by Gasteiger charge is 2.22. The molecule has 0 bridgehead atoms. The van der Waals surface area contributed by atoms with E-state index < -0.39 is 12.8 Å². The third kappa shape index (κ3) is 2.06. The Morgan fingerprint density at radius 2 is 2.45 bits per heavy atom. The number of hydrogen-bond donors (Lipinski definition) is 1. The van der Waals surface area contributed by atoms with Gasteiger partial charge in [-0.25, -0.2) is 4.79 Å². The Balaban J connectivity index is 2.39. The molecule has 1 heterocycles. The maximum absolute atomic E-state index is 12.1. The summed E-state index contributed by atoms with van der Waals surface area (Å²) in [7, 11) is 0. The zero-order valence-corrected chi connectivity index (χ0v) is 6.29. The first-order valence-electron chi connectivity index (χ1n) is 3.78. The monoisotopic (exact) mass is 161 g/mol. The van der Waals surface area contributed by atoms with Crippen LogP contribution in [0.4, 0.5) is 9.18 Å². The van der Waals surface area contributed by atoms with Crippen LogP contribution in [0, 0.1) is 5.92 Å². The van der Waals surface area contributed by atoms with Crippen molar-refractivity contribution >= 4 is 6.09 Å². The molecule has 0 saturated carbocycles. The van der Waals surface area contributed by atoms with Gasteiger partial charge < -0.3 is 10.0 Å². The highest BCUT2D eigenvalue weighted by molar-refractivity contribution is 5.65. The van der Waals surface area contributed by atoms with Crippen molar-refractivity contribution in [3.05, 3.63) is 0 Å². The van der Waals surface area contributed by atoms with Crippen molar-refractivity contribution in [3.63, 3.8) is 0 Å². The minimum Gasteiger partial charge on any atom is -0.465 e. The molecule has 1 amide bonds. The summed E-state index contributed by atoms with van der Waals surface area (Å²) in [5.74, 6) is -0.0696. The van der Waals surface area contributed by atoms with Gasteiger partial charge in [0, 0.05) is 19.0 Å². The molecule has 1 aliphatic heterocycles. The van der Waals surface area contributed by atoms with E-state index in [0.29, 0.717) is 13.1 Å². The summed E-state index contributed by atoms with van der Waals surface area (Å²) in [5.41, 5.74) is 0. The third-order valence-electron chi connectivity index (χ3n) is 2.01. The third-order valence-corrected chi connectivity index (χ3v) is 2.01. The molecule has 0 aromatic rings. The van der Waals surface area contributed by atoms with Crippen LogP contribution in [0.3, 0.4) is 0 Å². The number of amides is 1. The number of halogens is 1. The summed E-state index contributed by atoms with van der Waals surface area (Å²) >= 11 is 0. The molecular weight excluding hydrogens is 149 g/mol. The lowest BCUT2D eigenvalue weighted by atomic mass is 10.0. The summed E-state index contributed by atoms with van der Waals surface area (Å²) in [5, 5.41) is 8.56. The summed E-state index contributed by atoms with van der Waals surface area (Å²) < 4.78 is 12.1. The zero-order valence-electron chi connectivity index (χ0n) is 6.29. The second-order valence-electron chi connectivity index (χ2n) is 2.89. The number of carboxylic acid groups (broad SMARTS) is 1. The van der Waals surface area contributed by atoms with E-state index >= 15 is 0 Å². The molecule has 1 fully saturated rings. The van der Waals surface area contributed by atoms with Crippen molar-refractivity contribution < 1.29 is 14.3 Å². The second kappa shape index (κ2) is 3.55. The normalized spacial score (nSPS) is 25.2.